The van der Waals surface area contributed by atoms with Crippen molar-refractivity contribution in [2.24, 2.45) is 5.73 Å². The summed E-state index contributed by atoms with van der Waals surface area (Å²) in [6.45, 7) is 2.22. The Hall–Kier alpha value is -1.60. The summed E-state index contributed by atoms with van der Waals surface area (Å²) in [5.74, 6) is -0.761. The topological polar surface area (TPSA) is 58.4 Å². The number of alkyl halides is 3. The van der Waals surface area contributed by atoms with Gasteiger partial charge in [0.25, 0.3) is 0 Å². The first-order valence-corrected chi connectivity index (χ1v) is 6.31. The van der Waals surface area contributed by atoms with Crippen LogP contribution in [-0.2, 0) is 11.0 Å². The maximum Gasteiger partial charge on any atom is 0.416 e. The number of amides is 1. The Balaban J connectivity index is 2.42. The van der Waals surface area contributed by atoms with Gasteiger partial charge in [0.1, 0.15) is 6.04 Å². The fourth-order valence-corrected chi connectivity index (χ4v) is 2.46. The molecular formula is C13H16F3N3O. The Bertz CT molecular complexity index is 484. The minimum Gasteiger partial charge on any atom is -0.368 e. The molecule has 3 N–H and O–H groups in total. The van der Waals surface area contributed by atoms with E-state index in [1.165, 1.54) is 18.2 Å². The van der Waals surface area contributed by atoms with Gasteiger partial charge in [-0.25, -0.2) is 0 Å². The van der Waals surface area contributed by atoms with Gasteiger partial charge in [-0.1, -0.05) is 18.2 Å². The van der Waals surface area contributed by atoms with E-state index in [0.717, 1.165) is 6.07 Å². The maximum absolute atomic E-state index is 13.1. The minimum atomic E-state index is -4.50. The fourth-order valence-electron chi connectivity index (χ4n) is 2.46. The lowest BCUT2D eigenvalue weighted by atomic mass is 9.97. The lowest BCUT2D eigenvalue weighted by molar-refractivity contribution is -0.139. The molecule has 1 saturated heterocycles. The molecule has 1 atom stereocenters. The van der Waals surface area contributed by atoms with Gasteiger partial charge in [-0.3, -0.25) is 9.69 Å². The van der Waals surface area contributed by atoms with Crippen LogP contribution in [0.1, 0.15) is 17.2 Å². The number of carbonyl (C=O) groups is 1. The van der Waals surface area contributed by atoms with Gasteiger partial charge in [-0.05, 0) is 11.6 Å². The van der Waals surface area contributed by atoms with E-state index in [1.807, 2.05) is 0 Å². The van der Waals surface area contributed by atoms with Crippen LogP contribution in [0.25, 0.3) is 0 Å². The van der Waals surface area contributed by atoms with Crippen molar-refractivity contribution in [1.29, 1.82) is 0 Å². The summed E-state index contributed by atoms with van der Waals surface area (Å²) in [6, 6.07) is 4.05. The molecule has 20 heavy (non-hydrogen) atoms. The van der Waals surface area contributed by atoms with Gasteiger partial charge in [-0.15, -0.1) is 0 Å². The Kier molecular flexibility index (Phi) is 4.29. The van der Waals surface area contributed by atoms with Gasteiger partial charge in [0.2, 0.25) is 5.91 Å². The largest absolute Gasteiger partial charge is 0.416 e. The van der Waals surface area contributed by atoms with Crippen molar-refractivity contribution in [3.8, 4) is 0 Å². The molecule has 0 bridgehead atoms. The van der Waals surface area contributed by atoms with Crippen molar-refractivity contribution in [3.05, 3.63) is 35.4 Å². The summed E-state index contributed by atoms with van der Waals surface area (Å²) in [4.78, 5) is 13.4. The normalized spacial score (nSPS) is 18.8. The average Bonchev–Trinajstić information content (AvgIpc) is 2.39. The molecule has 1 fully saturated rings. The summed E-state index contributed by atoms with van der Waals surface area (Å²) in [7, 11) is 0. The van der Waals surface area contributed by atoms with Crippen LogP contribution in [0.2, 0.25) is 0 Å². The third kappa shape index (κ3) is 3.10. The molecule has 0 aromatic heterocycles. The molecule has 1 aliphatic heterocycles. The van der Waals surface area contributed by atoms with Crippen molar-refractivity contribution in [1.82, 2.24) is 10.2 Å². The third-order valence-electron chi connectivity index (χ3n) is 3.35. The van der Waals surface area contributed by atoms with Crippen molar-refractivity contribution >= 4 is 5.91 Å². The molecule has 110 valence electrons. The van der Waals surface area contributed by atoms with Crippen molar-refractivity contribution in [3.63, 3.8) is 0 Å². The Morgan fingerprint density at radius 2 is 1.85 bits per heavy atom. The predicted octanol–water partition coefficient (Wildman–Crippen LogP) is 1.14. The van der Waals surface area contributed by atoms with E-state index in [0.29, 0.717) is 26.2 Å². The van der Waals surface area contributed by atoms with E-state index in [1.54, 1.807) is 4.90 Å². The minimum absolute atomic E-state index is 0.0746. The van der Waals surface area contributed by atoms with Gasteiger partial charge in [0.15, 0.2) is 0 Å². The SMILES string of the molecule is NC(=O)C(c1ccccc1C(F)(F)F)N1CCNCC1. The Labute approximate surface area is 114 Å². The number of hydrogen-bond acceptors (Lipinski definition) is 3. The Morgan fingerprint density at radius 3 is 2.40 bits per heavy atom. The number of halogens is 3. The van der Waals surface area contributed by atoms with E-state index in [2.05, 4.69) is 5.32 Å². The number of carbonyl (C=O) groups excluding carboxylic acids is 1. The quantitative estimate of drug-likeness (QED) is 0.876. The summed E-state index contributed by atoms with van der Waals surface area (Å²) >= 11 is 0. The maximum atomic E-state index is 13.1. The number of rotatable bonds is 3. The number of benzene rings is 1. The molecule has 2 rings (SSSR count). The fraction of sp³-hybridized carbons (Fsp3) is 0.462. The molecule has 1 aromatic carbocycles. The highest BCUT2D eigenvalue weighted by Gasteiger charge is 2.38. The number of nitrogens with two attached hydrogens (primary N) is 1. The van der Waals surface area contributed by atoms with Crippen LogP contribution in [-0.4, -0.2) is 37.0 Å². The molecule has 1 amide bonds. The highest BCUT2D eigenvalue weighted by molar-refractivity contribution is 5.82. The van der Waals surface area contributed by atoms with Gasteiger partial charge < -0.3 is 11.1 Å². The molecule has 7 heteroatoms. The van der Waals surface area contributed by atoms with Crippen molar-refractivity contribution < 1.29 is 18.0 Å². The third-order valence-corrected chi connectivity index (χ3v) is 3.35. The molecule has 1 heterocycles. The van der Waals surface area contributed by atoms with Crippen LogP contribution in [0.3, 0.4) is 0 Å². The molecule has 4 nitrogen and oxygen atoms in total. The number of hydrogen-bond donors (Lipinski definition) is 2. The second-order valence-electron chi connectivity index (χ2n) is 4.68. The van der Waals surface area contributed by atoms with E-state index in [4.69, 9.17) is 5.73 Å². The molecular weight excluding hydrogens is 271 g/mol. The monoisotopic (exact) mass is 287 g/mol. The van der Waals surface area contributed by atoms with Crippen LogP contribution in [0, 0.1) is 0 Å². The van der Waals surface area contributed by atoms with Crippen LogP contribution < -0.4 is 11.1 Å². The van der Waals surface area contributed by atoms with E-state index in [9.17, 15) is 18.0 Å². The van der Waals surface area contributed by atoms with Crippen molar-refractivity contribution in [2.75, 3.05) is 26.2 Å². The summed E-state index contributed by atoms with van der Waals surface area (Å²) in [6.07, 6.45) is -4.50. The number of piperazine rings is 1. The first-order chi connectivity index (χ1) is 9.41. The molecule has 0 aliphatic carbocycles. The molecule has 0 spiro atoms. The van der Waals surface area contributed by atoms with Crippen LogP contribution in [0.4, 0.5) is 13.2 Å². The van der Waals surface area contributed by atoms with E-state index in [-0.39, 0.29) is 5.56 Å². The average molecular weight is 287 g/mol. The highest BCUT2D eigenvalue weighted by atomic mass is 19.4. The Morgan fingerprint density at radius 1 is 1.25 bits per heavy atom. The van der Waals surface area contributed by atoms with Gasteiger partial charge >= 0.3 is 6.18 Å². The molecule has 1 aromatic rings. The lowest BCUT2D eigenvalue weighted by Gasteiger charge is -2.34. The van der Waals surface area contributed by atoms with Gasteiger partial charge in [0, 0.05) is 26.2 Å². The van der Waals surface area contributed by atoms with E-state index >= 15 is 0 Å². The number of nitrogens with zero attached hydrogens (tertiary/aromatic N) is 1. The standard InChI is InChI=1S/C13H16F3N3O/c14-13(15,16)10-4-2-1-3-9(10)11(12(17)20)19-7-5-18-6-8-19/h1-4,11,18H,5-8H2,(H2,17,20). The second kappa shape index (κ2) is 5.80. The van der Waals surface area contributed by atoms with Gasteiger partial charge in [-0.2, -0.15) is 13.2 Å². The highest BCUT2D eigenvalue weighted by Crippen LogP contribution is 2.36. The van der Waals surface area contributed by atoms with Crippen molar-refractivity contribution in [2.45, 2.75) is 12.2 Å². The smallest absolute Gasteiger partial charge is 0.368 e. The zero-order chi connectivity index (χ0) is 14.8. The lowest BCUT2D eigenvalue weighted by Crippen LogP contribution is -2.48. The predicted molar refractivity (Wildman–Crippen MR) is 67.8 cm³/mol. The van der Waals surface area contributed by atoms with Gasteiger partial charge in [0.05, 0.1) is 5.56 Å². The summed E-state index contributed by atoms with van der Waals surface area (Å²) in [5, 5.41) is 3.09. The van der Waals surface area contributed by atoms with Crippen LogP contribution in [0.15, 0.2) is 24.3 Å². The van der Waals surface area contributed by atoms with Crippen LogP contribution in [0.5, 0.6) is 0 Å². The zero-order valence-electron chi connectivity index (χ0n) is 10.8. The first kappa shape index (κ1) is 14.8. The number of primary amides is 1. The molecule has 0 saturated carbocycles. The van der Waals surface area contributed by atoms with E-state index < -0.39 is 23.7 Å². The second-order valence-corrected chi connectivity index (χ2v) is 4.68. The molecule has 0 radical (unpaired) electrons. The summed E-state index contributed by atoms with van der Waals surface area (Å²) < 4.78 is 39.2. The molecule has 1 aliphatic rings. The number of nitrogens with one attached hydrogen (secondary N) is 1. The summed E-state index contributed by atoms with van der Waals surface area (Å²) in [5.41, 5.74) is 4.47. The molecule has 1 unspecified atom stereocenters. The zero-order valence-corrected chi connectivity index (χ0v) is 10.8. The van der Waals surface area contributed by atoms with Crippen LogP contribution >= 0.6 is 0 Å². The first-order valence-electron chi connectivity index (χ1n) is 6.31.